The van der Waals surface area contributed by atoms with Crippen LogP contribution in [0.5, 0.6) is 17.2 Å². The second-order valence-electron chi connectivity index (χ2n) is 9.08. The van der Waals surface area contributed by atoms with E-state index < -0.39 is 0 Å². The van der Waals surface area contributed by atoms with Crippen molar-refractivity contribution in [1.29, 1.82) is 0 Å². The second kappa shape index (κ2) is 10.8. The molecule has 0 unspecified atom stereocenters. The highest BCUT2D eigenvalue weighted by molar-refractivity contribution is 5.95. The lowest BCUT2D eigenvalue weighted by atomic mass is 9.95. The van der Waals surface area contributed by atoms with E-state index in [2.05, 4.69) is 20.2 Å². The van der Waals surface area contributed by atoms with Crippen molar-refractivity contribution in [3.63, 3.8) is 0 Å². The second-order valence-corrected chi connectivity index (χ2v) is 9.08. The minimum absolute atomic E-state index is 0.119. The van der Waals surface area contributed by atoms with Crippen LogP contribution in [-0.2, 0) is 11.2 Å². The number of benzene rings is 2. The summed E-state index contributed by atoms with van der Waals surface area (Å²) in [5.41, 5.74) is 8.88. The molecule has 3 aromatic rings. The van der Waals surface area contributed by atoms with E-state index in [4.69, 9.17) is 19.9 Å². The van der Waals surface area contributed by atoms with Crippen molar-refractivity contribution in [2.75, 3.05) is 51.0 Å². The predicted molar refractivity (Wildman–Crippen MR) is 137 cm³/mol. The average Bonchev–Trinajstić information content (AvgIpc) is 3.42. The van der Waals surface area contributed by atoms with Crippen molar-refractivity contribution in [2.24, 2.45) is 5.92 Å². The summed E-state index contributed by atoms with van der Waals surface area (Å²) in [4.78, 5) is 23.9. The minimum atomic E-state index is -0.330. The molecule has 9 nitrogen and oxygen atoms in total. The first-order valence-electron chi connectivity index (χ1n) is 12.3. The molecule has 0 aliphatic carbocycles. The maximum Gasteiger partial charge on any atom is 0.231 e. The van der Waals surface area contributed by atoms with Crippen molar-refractivity contribution in [3.05, 3.63) is 54.2 Å². The topological polar surface area (TPSA) is 112 Å². The number of anilines is 2. The van der Waals surface area contributed by atoms with Gasteiger partial charge in [-0.25, -0.2) is 9.97 Å². The molecule has 2 aliphatic heterocycles. The zero-order valence-corrected chi connectivity index (χ0v) is 20.4. The fourth-order valence-electron chi connectivity index (χ4n) is 4.63. The summed E-state index contributed by atoms with van der Waals surface area (Å²) in [6, 6.07) is 13.1. The van der Waals surface area contributed by atoms with Crippen molar-refractivity contribution < 1.29 is 19.0 Å². The zero-order chi connectivity index (χ0) is 24.9. The fourth-order valence-corrected chi connectivity index (χ4v) is 4.63. The van der Waals surface area contributed by atoms with Crippen molar-refractivity contribution >= 4 is 17.5 Å². The van der Waals surface area contributed by atoms with E-state index in [0.717, 1.165) is 42.3 Å². The molecule has 1 amide bonds. The number of carbonyl (C=O) groups excluding carboxylic acids is 1. The number of fused-ring (bicyclic) bond motifs is 1. The molecule has 5 rings (SSSR count). The van der Waals surface area contributed by atoms with Gasteiger partial charge in [-0.3, -0.25) is 9.69 Å². The maximum atomic E-state index is 13.2. The van der Waals surface area contributed by atoms with Crippen molar-refractivity contribution in [2.45, 2.75) is 19.3 Å². The lowest BCUT2D eigenvalue weighted by molar-refractivity contribution is -0.121. The summed E-state index contributed by atoms with van der Waals surface area (Å²) < 4.78 is 17.4. The van der Waals surface area contributed by atoms with Gasteiger partial charge in [-0.15, -0.1) is 0 Å². The van der Waals surface area contributed by atoms with Gasteiger partial charge in [0.1, 0.15) is 30.5 Å². The molecular formula is C27H31N5O4. The number of aromatic nitrogens is 2. The van der Waals surface area contributed by atoms with Crippen LogP contribution in [0.25, 0.3) is 11.3 Å². The van der Waals surface area contributed by atoms with E-state index in [-0.39, 0.29) is 17.8 Å². The van der Waals surface area contributed by atoms with E-state index >= 15 is 0 Å². The largest absolute Gasteiger partial charge is 0.497 e. The number of nitrogen functional groups attached to an aromatic ring is 1. The first kappa shape index (κ1) is 23.9. The van der Waals surface area contributed by atoms with Gasteiger partial charge in [0.15, 0.2) is 0 Å². The van der Waals surface area contributed by atoms with E-state index in [9.17, 15) is 4.79 Å². The normalized spacial score (nSPS) is 17.2. The molecule has 2 aromatic carbocycles. The van der Waals surface area contributed by atoms with Crippen LogP contribution < -0.4 is 25.3 Å². The first-order chi connectivity index (χ1) is 17.6. The van der Waals surface area contributed by atoms with Crippen LogP contribution in [0.3, 0.4) is 0 Å². The number of hydrogen-bond donors (Lipinski definition) is 2. The highest BCUT2D eigenvalue weighted by atomic mass is 16.5. The molecule has 1 atom stereocenters. The molecule has 0 bridgehead atoms. The Balaban J connectivity index is 1.33. The number of likely N-dealkylation sites (tertiary alicyclic amines) is 1. The number of methoxy groups -OCH3 is 1. The summed E-state index contributed by atoms with van der Waals surface area (Å²) in [7, 11) is 1.63. The lowest BCUT2D eigenvalue weighted by Gasteiger charge is -2.25. The Bertz CT molecular complexity index is 1230. The zero-order valence-electron chi connectivity index (χ0n) is 20.4. The van der Waals surface area contributed by atoms with Gasteiger partial charge < -0.3 is 25.3 Å². The van der Waals surface area contributed by atoms with E-state index in [1.165, 1.54) is 12.8 Å². The molecule has 3 N–H and O–H groups in total. The number of nitrogens with two attached hydrogens (primary N) is 1. The van der Waals surface area contributed by atoms with E-state index in [1.54, 1.807) is 19.4 Å². The average molecular weight is 490 g/mol. The molecule has 36 heavy (non-hydrogen) atoms. The van der Waals surface area contributed by atoms with Gasteiger partial charge in [-0.2, -0.15) is 0 Å². The Morgan fingerprint density at radius 2 is 2.06 bits per heavy atom. The quantitative estimate of drug-likeness (QED) is 0.495. The monoisotopic (exact) mass is 489 g/mol. The van der Waals surface area contributed by atoms with Gasteiger partial charge >= 0.3 is 0 Å². The number of carbonyl (C=O) groups is 1. The summed E-state index contributed by atoms with van der Waals surface area (Å²) >= 11 is 0. The number of rotatable bonds is 8. The SMILES string of the molecule is COc1ccc2c(c1)C[C@@H](C(=O)Nc1ccc(-c3ccnc(N)n3)cc1OCCN1CCCC1)CO2. The van der Waals surface area contributed by atoms with Crippen LogP contribution in [0.4, 0.5) is 11.6 Å². The van der Waals surface area contributed by atoms with Crippen LogP contribution >= 0.6 is 0 Å². The summed E-state index contributed by atoms with van der Waals surface area (Å²) in [5.74, 6) is 1.88. The third-order valence-electron chi connectivity index (χ3n) is 6.62. The highest BCUT2D eigenvalue weighted by Crippen LogP contribution is 2.34. The minimum Gasteiger partial charge on any atom is -0.497 e. The molecule has 1 fully saturated rings. The third-order valence-corrected chi connectivity index (χ3v) is 6.62. The predicted octanol–water partition coefficient (Wildman–Crippen LogP) is 3.40. The Morgan fingerprint density at radius 1 is 1.19 bits per heavy atom. The molecule has 9 heteroatoms. The number of nitrogens with one attached hydrogen (secondary N) is 1. The number of nitrogens with zero attached hydrogens (tertiary/aromatic N) is 3. The molecule has 3 heterocycles. The molecule has 1 saturated heterocycles. The van der Waals surface area contributed by atoms with Crippen LogP contribution in [0.1, 0.15) is 18.4 Å². The van der Waals surface area contributed by atoms with Crippen LogP contribution in [0, 0.1) is 5.92 Å². The smallest absolute Gasteiger partial charge is 0.231 e. The summed E-state index contributed by atoms with van der Waals surface area (Å²) in [6.07, 6.45) is 4.65. The molecule has 0 radical (unpaired) electrons. The third kappa shape index (κ3) is 5.52. The van der Waals surface area contributed by atoms with Crippen molar-refractivity contribution in [3.8, 4) is 28.5 Å². The molecule has 1 aromatic heterocycles. The van der Waals surface area contributed by atoms with Gasteiger partial charge in [0.05, 0.1) is 24.4 Å². The van der Waals surface area contributed by atoms with Crippen LogP contribution in [0.15, 0.2) is 48.7 Å². The van der Waals surface area contributed by atoms with Gasteiger partial charge in [0, 0.05) is 18.3 Å². The van der Waals surface area contributed by atoms with Crippen LogP contribution in [0.2, 0.25) is 0 Å². The molecule has 188 valence electrons. The summed E-state index contributed by atoms with van der Waals surface area (Å²) in [5, 5.41) is 3.06. The van der Waals surface area contributed by atoms with Gasteiger partial charge in [0.25, 0.3) is 0 Å². The fraction of sp³-hybridized carbons (Fsp3) is 0.370. The lowest BCUT2D eigenvalue weighted by Crippen LogP contribution is -2.32. The number of ether oxygens (including phenoxy) is 3. The molecular weight excluding hydrogens is 458 g/mol. The Morgan fingerprint density at radius 3 is 2.86 bits per heavy atom. The van der Waals surface area contributed by atoms with Gasteiger partial charge in [-0.1, -0.05) is 6.07 Å². The van der Waals surface area contributed by atoms with E-state index in [1.807, 2.05) is 36.4 Å². The van der Waals surface area contributed by atoms with Crippen LogP contribution in [-0.4, -0.2) is 60.7 Å². The Kier molecular flexibility index (Phi) is 7.18. The molecule has 0 saturated carbocycles. The Labute approximate surface area is 210 Å². The molecule has 2 aliphatic rings. The summed E-state index contributed by atoms with van der Waals surface area (Å²) in [6.45, 7) is 3.88. The standard InChI is InChI=1S/C27H31N5O4/c1-34-21-5-7-24-19(15-21)14-20(17-36-24)26(33)30-23-6-4-18(22-8-9-29-27(28)31-22)16-25(23)35-13-12-32-10-2-3-11-32/h4-9,15-16,20H,2-3,10-14,17H2,1H3,(H,30,33)(H2,28,29,31)/t20-/m1/s1. The molecule has 0 spiro atoms. The highest BCUT2D eigenvalue weighted by Gasteiger charge is 2.27. The maximum absolute atomic E-state index is 13.2. The number of hydrogen-bond acceptors (Lipinski definition) is 8. The van der Waals surface area contributed by atoms with Gasteiger partial charge in [0.2, 0.25) is 11.9 Å². The Hall–Kier alpha value is -3.85. The van der Waals surface area contributed by atoms with E-state index in [0.29, 0.717) is 36.8 Å². The first-order valence-corrected chi connectivity index (χ1v) is 12.3. The number of amides is 1. The van der Waals surface area contributed by atoms with Gasteiger partial charge in [-0.05, 0) is 74.3 Å². The van der Waals surface area contributed by atoms with Crippen molar-refractivity contribution in [1.82, 2.24) is 14.9 Å².